The van der Waals surface area contributed by atoms with Crippen molar-refractivity contribution >= 4 is 0 Å². The fourth-order valence-corrected chi connectivity index (χ4v) is 3.30. The summed E-state index contributed by atoms with van der Waals surface area (Å²) in [7, 11) is 2.11. The summed E-state index contributed by atoms with van der Waals surface area (Å²) in [6.45, 7) is 5.48. The van der Waals surface area contributed by atoms with Gasteiger partial charge in [0.25, 0.3) is 0 Å². The van der Waals surface area contributed by atoms with Gasteiger partial charge in [0.1, 0.15) is 5.82 Å². The Kier molecular flexibility index (Phi) is 4.39. The molecule has 1 fully saturated rings. The van der Waals surface area contributed by atoms with E-state index < -0.39 is 0 Å². The molecule has 0 amide bonds. The van der Waals surface area contributed by atoms with E-state index in [1.165, 1.54) is 43.6 Å². The van der Waals surface area contributed by atoms with Gasteiger partial charge in [-0.15, -0.1) is 0 Å². The highest BCUT2D eigenvalue weighted by molar-refractivity contribution is 5.19. The van der Waals surface area contributed by atoms with Gasteiger partial charge in [-0.05, 0) is 50.8 Å². The predicted octanol–water partition coefficient (Wildman–Crippen LogP) is 3.50. The zero-order valence-electron chi connectivity index (χ0n) is 13.1. The minimum absolute atomic E-state index is 0.726. The smallest absolute Gasteiger partial charge is 0.105 e. The van der Waals surface area contributed by atoms with E-state index in [0.717, 1.165) is 18.3 Å². The molecule has 0 radical (unpaired) electrons. The molecule has 1 aromatic heterocycles. The average Bonchev–Trinajstić information content (AvgIpc) is 2.72. The number of aryl methyl sites for hydroxylation is 1. The molecular formula is C18H25N3. The lowest BCUT2D eigenvalue weighted by Crippen LogP contribution is -2.25. The van der Waals surface area contributed by atoms with Crippen LogP contribution in [-0.2, 0) is 13.6 Å². The molecule has 1 aliphatic rings. The number of aromatic nitrogens is 2. The molecule has 1 atom stereocenters. The highest BCUT2D eigenvalue weighted by Crippen LogP contribution is 2.28. The van der Waals surface area contributed by atoms with Crippen molar-refractivity contribution in [1.29, 1.82) is 0 Å². The number of hydrogen-bond donors (Lipinski definition) is 0. The lowest BCUT2D eigenvalue weighted by Gasteiger charge is -2.20. The molecule has 0 spiro atoms. The molecule has 1 aromatic carbocycles. The first-order chi connectivity index (χ1) is 10.2. The largest absolute Gasteiger partial charge is 0.334 e. The maximum Gasteiger partial charge on any atom is 0.105 e. The van der Waals surface area contributed by atoms with E-state index in [-0.39, 0.29) is 0 Å². The zero-order valence-corrected chi connectivity index (χ0v) is 13.1. The Morgan fingerprint density at radius 3 is 2.67 bits per heavy atom. The molecular weight excluding hydrogens is 258 g/mol. The van der Waals surface area contributed by atoms with Crippen molar-refractivity contribution in [1.82, 2.24) is 14.5 Å². The van der Waals surface area contributed by atoms with Gasteiger partial charge in [-0.1, -0.05) is 30.3 Å². The Balaban J connectivity index is 1.62. The Morgan fingerprint density at radius 2 is 1.95 bits per heavy atom. The van der Waals surface area contributed by atoms with Crippen LogP contribution in [0.25, 0.3) is 0 Å². The van der Waals surface area contributed by atoms with Crippen LogP contribution in [0.1, 0.15) is 42.3 Å². The van der Waals surface area contributed by atoms with Gasteiger partial charge in [0.05, 0.1) is 5.69 Å². The van der Waals surface area contributed by atoms with Gasteiger partial charge in [0.2, 0.25) is 0 Å². The van der Waals surface area contributed by atoms with Crippen molar-refractivity contribution in [2.75, 3.05) is 13.1 Å². The van der Waals surface area contributed by atoms with Crippen molar-refractivity contribution in [2.24, 2.45) is 7.05 Å². The third kappa shape index (κ3) is 3.35. The molecule has 0 N–H and O–H groups in total. The topological polar surface area (TPSA) is 21.1 Å². The average molecular weight is 283 g/mol. The fourth-order valence-electron chi connectivity index (χ4n) is 3.30. The zero-order chi connectivity index (χ0) is 14.7. The lowest BCUT2D eigenvalue weighted by molar-refractivity contribution is 0.269. The number of imidazole rings is 1. The SMILES string of the molecule is Cc1ncc(CN2CCC[C@@H](c3ccccc3)CC2)n1C. The van der Waals surface area contributed by atoms with E-state index >= 15 is 0 Å². The summed E-state index contributed by atoms with van der Waals surface area (Å²) in [6, 6.07) is 11.0. The highest BCUT2D eigenvalue weighted by atomic mass is 15.2. The number of rotatable bonds is 3. The molecule has 0 unspecified atom stereocenters. The minimum atomic E-state index is 0.726. The van der Waals surface area contributed by atoms with Gasteiger partial charge in [-0.3, -0.25) is 4.90 Å². The van der Waals surface area contributed by atoms with Crippen molar-refractivity contribution in [2.45, 2.75) is 38.6 Å². The first kappa shape index (κ1) is 14.3. The van der Waals surface area contributed by atoms with Gasteiger partial charge in [-0.25, -0.2) is 4.98 Å². The predicted molar refractivity (Wildman–Crippen MR) is 86.3 cm³/mol. The van der Waals surface area contributed by atoms with Crippen LogP contribution < -0.4 is 0 Å². The molecule has 21 heavy (non-hydrogen) atoms. The van der Waals surface area contributed by atoms with Crippen LogP contribution in [0.5, 0.6) is 0 Å². The van der Waals surface area contributed by atoms with Gasteiger partial charge in [0, 0.05) is 19.8 Å². The van der Waals surface area contributed by atoms with Crippen LogP contribution in [-0.4, -0.2) is 27.5 Å². The van der Waals surface area contributed by atoms with Crippen LogP contribution in [0.4, 0.5) is 0 Å². The Hall–Kier alpha value is -1.61. The Bertz CT molecular complexity index is 573. The summed E-state index contributed by atoms with van der Waals surface area (Å²) < 4.78 is 2.21. The second-order valence-electron chi connectivity index (χ2n) is 6.17. The fraction of sp³-hybridized carbons (Fsp3) is 0.500. The number of nitrogens with zero attached hydrogens (tertiary/aromatic N) is 3. The maximum absolute atomic E-state index is 4.40. The van der Waals surface area contributed by atoms with Crippen LogP contribution in [0.3, 0.4) is 0 Å². The standard InChI is InChI=1S/C18H25N3/c1-15-19-13-18(20(15)2)14-21-11-6-9-17(10-12-21)16-7-4-3-5-8-16/h3-5,7-8,13,17H,6,9-12,14H2,1-2H3/t17-/m1/s1. The minimum Gasteiger partial charge on any atom is -0.334 e. The quantitative estimate of drug-likeness (QED) is 0.859. The summed E-state index contributed by atoms with van der Waals surface area (Å²) in [5.41, 5.74) is 2.83. The van der Waals surface area contributed by atoms with Crippen LogP contribution in [0.2, 0.25) is 0 Å². The summed E-state index contributed by atoms with van der Waals surface area (Å²) in [6.07, 6.45) is 5.89. The molecule has 0 bridgehead atoms. The van der Waals surface area contributed by atoms with E-state index in [0.29, 0.717) is 0 Å². The molecule has 1 aliphatic heterocycles. The highest BCUT2D eigenvalue weighted by Gasteiger charge is 2.19. The van der Waals surface area contributed by atoms with Crippen molar-refractivity contribution < 1.29 is 0 Å². The monoisotopic (exact) mass is 283 g/mol. The van der Waals surface area contributed by atoms with E-state index in [1.54, 1.807) is 0 Å². The molecule has 3 rings (SSSR count). The number of benzene rings is 1. The Morgan fingerprint density at radius 1 is 1.14 bits per heavy atom. The lowest BCUT2D eigenvalue weighted by atomic mass is 9.92. The number of hydrogen-bond acceptors (Lipinski definition) is 2. The van der Waals surface area contributed by atoms with E-state index in [1.807, 2.05) is 6.20 Å². The third-order valence-corrected chi connectivity index (χ3v) is 4.79. The molecule has 0 saturated carbocycles. The maximum atomic E-state index is 4.40. The van der Waals surface area contributed by atoms with E-state index in [2.05, 4.69) is 58.8 Å². The molecule has 0 aliphatic carbocycles. The number of likely N-dealkylation sites (tertiary alicyclic amines) is 1. The second-order valence-corrected chi connectivity index (χ2v) is 6.17. The molecule has 112 valence electrons. The van der Waals surface area contributed by atoms with Crippen LogP contribution >= 0.6 is 0 Å². The summed E-state index contributed by atoms with van der Waals surface area (Å²) in [4.78, 5) is 6.99. The first-order valence-electron chi connectivity index (χ1n) is 7.98. The van der Waals surface area contributed by atoms with Crippen molar-refractivity contribution in [3.05, 3.63) is 53.6 Å². The van der Waals surface area contributed by atoms with E-state index in [4.69, 9.17) is 0 Å². The van der Waals surface area contributed by atoms with Gasteiger partial charge < -0.3 is 4.57 Å². The van der Waals surface area contributed by atoms with Crippen LogP contribution in [0, 0.1) is 6.92 Å². The van der Waals surface area contributed by atoms with Crippen molar-refractivity contribution in [3.63, 3.8) is 0 Å². The summed E-state index contributed by atoms with van der Waals surface area (Å²) in [5.74, 6) is 1.83. The second kappa shape index (κ2) is 6.44. The van der Waals surface area contributed by atoms with Crippen molar-refractivity contribution in [3.8, 4) is 0 Å². The molecule has 3 nitrogen and oxygen atoms in total. The first-order valence-corrected chi connectivity index (χ1v) is 7.98. The van der Waals surface area contributed by atoms with Gasteiger partial charge >= 0.3 is 0 Å². The molecule has 3 heteroatoms. The third-order valence-electron chi connectivity index (χ3n) is 4.79. The van der Waals surface area contributed by atoms with Gasteiger partial charge in [0.15, 0.2) is 0 Å². The normalized spacial score (nSPS) is 20.4. The van der Waals surface area contributed by atoms with Gasteiger partial charge in [-0.2, -0.15) is 0 Å². The molecule has 2 heterocycles. The summed E-state index contributed by atoms with van der Waals surface area (Å²) >= 11 is 0. The van der Waals surface area contributed by atoms with E-state index in [9.17, 15) is 0 Å². The molecule has 1 saturated heterocycles. The summed E-state index contributed by atoms with van der Waals surface area (Å²) in [5, 5.41) is 0. The van der Waals surface area contributed by atoms with Crippen LogP contribution in [0.15, 0.2) is 36.5 Å². The molecule has 2 aromatic rings. The Labute approximate surface area is 127 Å².